The number of benzene rings is 2. The molecule has 0 aliphatic carbocycles. The van der Waals surface area contributed by atoms with Gasteiger partial charge in [0.05, 0.1) is 6.04 Å². The van der Waals surface area contributed by atoms with Crippen LogP contribution in [0.5, 0.6) is 11.5 Å². The van der Waals surface area contributed by atoms with Gasteiger partial charge in [-0.3, -0.25) is 14.6 Å². The number of nitrogens with one attached hydrogen (secondary N) is 1. The van der Waals surface area contributed by atoms with Crippen molar-refractivity contribution in [1.82, 2.24) is 15.1 Å². The van der Waals surface area contributed by atoms with Crippen LogP contribution in [-0.2, 0) is 17.9 Å². The first-order valence-corrected chi connectivity index (χ1v) is 10.3. The molecule has 0 spiro atoms. The van der Waals surface area contributed by atoms with E-state index < -0.39 is 0 Å². The van der Waals surface area contributed by atoms with Gasteiger partial charge in [-0.15, -0.1) is 0 Å². The normalized spacial score (nSPS) is 17.9. The van der Waals surface area contributed by atoms with Crippen molar-refractivity contribution in [3.05, 3.63) is 59.2 Å². The smallest absolute Gasteiger partial charge is 0.237 e. The number of carbonyl (C=O) groups excluding carboxylic acids is 1. The quantitative estimate of drug-likeness (QED) is 0.815. The van der Waals surface area contributed by atoms with Gasteiger partial charge in [0.15, 0.2) is 11.5 Å². The Bertz CT molecular complexity index is 862. The Balaban J connectivity index is 1.24. The topological polar surface area (TPSA) is 54.0 Å². The first-order valence-electron chi connectivity index (χ1n) is 10.3. The molecule has 1 amide bonds. The van der Waals surface area contributed by atoms with Gasteiger partial charge in [-0.2, -0.15) is 0 Å². The van der Waals surface area contributed by atoms with E-state index in [0.29, 0.717) is 6.54 Å². The third kappa shape index (κ3) is 4.71. The maximum absolute atomic E-state index is 12.6. The Hall–Kier alpha value is -2.57. The minimum Gasteiger partial charge on any atom is -0.454 e. The van der Waals surface area contributed by atoms with Crippen LogP contribution in [0.1, 0.15) is 23.6 Å². The first-order chi connectivity index (χ1) is 14.1. The Labute approximate surface area is 172 Å². The predicted molar refractivity (Wildman–Crippen MR) is 112 cm³/mol. The van der Waals surface area contributed by atoms with Gasteiger partial charge >= 0.3 is 0 Å². The van der Waals surface area contributed by atoms with Crippen molar-refractivity contribution >= 4 is 5.91 Å². The van der Waals surface area contributed by atoms with Crippen LogP contribution in [0, 0.1) is 6.92 Å². The molecule has 2 aromatic rings. The largest absolute Gasteiger partial charge is 0.454 e. The van der Waals surface area contributed by atoms with Crippen LogP contribution in [0.15, 0.2) is 42.5 Å². The number of rotatable bonds is 6. The summed E-state index contributed by atoms with van der Waals surface area (Å²) in [6, 6.07) is 14.2. The summed E-state index contributed by atoms with van der Waals surface area (Å²) in [4.78, 5) is 17.4. The summed E-state index contributed by atoms with van der Waals surface area (Å²) in [6.45, 7) is 9.66. The summed E-state index contributed by atoms with van der Waals surface area (Å²) in [5.74, 6) is 1.57. The van der Waals surface area contributed by atoms with E-state index in [1.807, 2.05) is 25.1 Å². The van der Waals surface area contributed by atoms with Gasteiger partial charge < -0.3 is 14.8 Å². The van der Waals surface area contributed by atoms with Crippen molar-refractivity contribution in [1.29, 1.82) is 0 Å². The van der Waals surface area contributed by atoms with Crippen LogP contribution in [-0.4, -0.2) is 54.7 Å². The number of carbonyl (C=O) groups is 1. The highest BCUT2D eigenvalue weighted by molar-refractivity contribution is 5.81. The molecule has 1 atom stereocenters. The van der Waals surface area contributed by atoms with Gasteiger partial charge in [-0.25, -0.2) is 0 Å². The average molecular weight is 396 g/mol. The number of fused-ring (bicyclic) bond motifs is 1. The lowest BCUT2D eigenvalue weighted by Crippen LogP contribution is -2.53. The zero-order valence-electron chi connectivity index (χ0n) is 17.2. The molecule has 6 heteroatoms. The Morgan fingerprint density at radius 1 is 1.07 bits per heavy atom. The zero-order valence-corrected chi connectivity index (χ0v) is 17.2. The van der Waals surface area contributed by atoms with Gasteiger partial charge in [0.25, 0.3) is 0 Å². The number of nitrogens with zero attached hydrogens (tertiary/aromatic N) is 2. The van der Waals surface area contributed by atoms with Crippen LogP contribution in [0.25, 0.3) is 0 Å². The standard InChI is InChI=1S/C23H29N3O3/c1-17-5-3-4-6-20(17)15-25-9-11-26(12-10-25)18(2)23(27)24-14-19-7-8-21-22(13-19)29-16-28-21/h3-8,13,18H,9-12,14-16H2,1-2H3,(H,24,27). The van der Waals surface area contributed by atoms with Crippen LogP contribution in [0.2, 0.25) is 0 Å². The summed E-state index contributed by atoms with van der Waals surface area (Å²) in [7, 11) is 0. The molecule has 4 rings (SSSR count). The average Bonchev–Trinajstić information content (AvgIpc) is 3.21. The summed E-state index contributed by atoms with van der Waals surface area (Å²) < 4.78 is 10.7. The lowest BCUT2D eigenvalue weighted by atomic mass is 10.1. The van der Waals surface area contributed by atoms with E-state index in [0.717, 1.165) is 49.8 Å². The number of piperazine rings is 1. The highest BCUT2D eigenvalue weighted by atomic mass is 16.7. The SMILES string of the molecule is Cc1ccccc1CN1CCN(C(C)C(=O)NCc2ccc3c(c2)OCO3)CC1. The molecule has 0 aromatic heterocycles. The molecule has 6 nitrogen and oxygen atoms in total. The lowest BCUT2D eigenvalue weighted by Gasteiger charge is -2.37. The van der Waals surface area contributed by atoms with Crippen LogP contribution < -0.4 is 14.8 Å². The fourth-order valence-corrected chi connectivity index (χ4v) is 3.89. The zero-order chi connectivity index (χ0) is 20.2. The molecule has 2 heterocycles. The van der Waals surface area contributed by atoms with E-state index in [1.54, 1.807) is 0 Å². The fourth-order valence-electron chi connectivity index (χ4n) is 3.89. The van der Waals surface area contributed by atoms with Gasteiger partial charge in [-0.05, 0) is 42.7 Å². The number of hydrogen-bond donors (Lipinski definition) is 1. The highest BCUT2D eigenvalue weighted by Crippen LogP contribution is 2.32. The molecule has 1 unspecified atom stereocenters. The van der Waals surface area contributed by atoms with Crippen LogP contribution in [0.3, 0.4) is 0 Å². The van der Waals surface area contributed by atoms with E-state index in [9.17, 15) is 4.79 Å². The van der Waals surface area contributed by atoms with Crippen molar-refractivity contribution in [2.75, 3.05) is 33.0 Å². The summed E-state index contributed by atoms with van der Waals surface area (Å²) in [6.07, 6.45) is 0. The minimum absolute atomic E-state index is 0.0648. The van der Waals surface area contributed by atoms with Crippen molar-refractivity contribution in [3.63, 3.8) is 0 Å². The molecule has 0 bridgehead atoms. The molecule has 0 radical (unpaired) electrons. The Morgan fingerprint density at radius 2 is 1.83 bits per heavy atom. The van der Waals surface area contributed by atoms with Crippen molar-refractivity contribution in [2.45, 2.75) is 33.0 Å². The molecule has 2 aliphatic rings. The molecule has 29 heavy (non-hydrogen) atoms. The minimum atomic E-state index is -0.135. The summed E-state index contributed by atoms with van der Waals surface area (Å²) >= 11 is 0. The first kappa shape index (κ1) is 19.7. The van der Waals surface area contributed by atoms with Gasteiger partial charge in [0, 0.05) is 39.3 Å². The second-order valence-electron chi connectivity index (χ2n) is 7.82. The second kappa shape index (κ2) is 8.84. The van der Waals surface area contributed by atoms with Crippen LogP contribution >= 0.6 is 0 Å². The van der Waals surface area contributed by atoms with E-state index >= 15 is 0 Å². The molecule has 2 aliphatic heterocycles. The highest BCUT2D eigenvalue weighted by Gasteiger charge is 2.25. The molecule has 2 aromatic carbocycles. The number of aryl methyl sites for hydroxylation is 1. The van der Waals surface area contributed by atoms with Gasteiger partial charge in [0.2, 0.25) is 12.7 Å². The van der Waals surface area contributed by atoms with Gasteiger partial charge in [0.1, 0.15) is 0 Å². The maximum Gasteiger partial charge on any atom is 0.237 e. The summed E-state index contributed by atoms with van der Waals surface area (Å²) in [5.41, 5.74) is 3.74. The molecular formula is C23H29N3O3. The third-order valence-electron chi connectivity index (χ3n) is 5.89. The maximum atomic E-state index is 12.6. The lowest BCUT2D eigenvalue weighted by molar-refractivity contribution is -0.126. The van der Waals surface area contributed by atoms with Crippen molar-refractivity contribution in [3.8, 4) is 11.5 Å². The van der Waals surface area contributed by atoms with Crippen molar-refractivity contribution in [2.24, 2.45) is 0 Å². The fraction of sp³-hybridized carbons (Fsp3) is 0.435. The number of hydrogen-bond acceptors (Lipinski definition) is 5. The van der Waals surface area contributed by atoms with Crippen molar-refractivity contribution < 1.29 is 14.3 Å². The molecule has 0 saturated carbocycles. The number of ether oxygens (including phenoxy) is 2. The molecule has 154 valence electrons. The summed E-state index contributed by atoms with van der Waals surface area (Å²) in [5, 5.41) is 3.06. The van der Waals surface area contributed by atoms with Crippen LogP contribution in [0.4, 0.5) is 0 Å². The Morgan fingerprint density at radius 3 is 2.62 bits per heavy atom. The van der Waals surface area contributed by atoms with E-state index in [1.165, 1.54) is 11.1 Å². The Kier molecular flexibility index (Phi) is 6.02. The third-order valence-corrected chi connectivity index (χ3v) is 5.89. The predicted octanol–water partition coefficient (Wildman–Crippen LogP) is 2.55. The van der Waals surface area contributed by atoms with Gasteiger partial charge in [-0.1, -0.05) is 30.3 Å². The number of amides is 1. The van der Waals surface area contributed by atoms with E-state index in [-0.39, 0.29) is 18.7 Å². The molecular weight excluding hydrogens is 366 g/mol. The molecule has 1 fully saturated rings. The molecule has 1 N–H and O–H groups in total. The molecule has 1 saturated heterocycles. The van der Waals surface area contributed by atoms with E-state index in [4.69, 9.17) is 9.47 Å². The van der Waals surface area contributed by atoms with E-state index in [2.05, 4.69) is 46.3 Å². The second-order valence-corrected chi connectivity index (χ2v) is 7.82. The monoisotopic (exact) mass is 395 g/mol.